The topological polar surface area (TPSA) is 94.1 Å². The van der Waals surface area contributed by atoms with Gasteiger partial charge in [-0.25, -0.2) is 4.79 Å². The fraction of sp³-hybridized carbons (Fsp3) is 0.263. The molecule has 0 heterocycles. The normalized spacial score (nSPS) is 10.1. The molecule has 0 saturated heterocycles. The van der Waals surface area contributed by atoms with Crippen LogP contribution in [0, 0.1) is 0 Å². The molecular formula is C19H21NO6. The summed E-state index contributed by atoms with van der Waals surface area (Å²) in [5.74, 6) is 0.646. The number of rotatable bonds is 9. The number of hydrogen-bond acceptors (Lipinski definition) is 5. The molecule has 2 rings (SSSR count). The maximum absolute atomic E-state index is 12.1. The standard InChI is InChI=1S/C19H21NO6/c1-24-16-8-9-17(25-2)13(11-16)3-10-18(21)20-14-4-6-15(7-5-14)26-12-19(22)23/h4-9,11H,3,10,12H2,1-2H3,(H,20,21)(H,22,23). The van der Waals surface area contributed by atoms with E-state index in [0.29, 0.717) is 29.4 Å². The van der Waals surface area contributed by atoms with E-state index in [2.05, 4.69) is 5.32 Å². The molecule has 0 saturated carbocycles. The van der Waals surface area contributed by atoms with Gasteiger partial charge in [0.05, 0.1) is 14.2 Å². The summed E-state index contributed by atoms with van der Waals surface area (Å²) in [6.45, 7) is -0.409. The molecule has 7 heteroatoms. The number of aryl methyl sites for hydroxylation is 1. The minimum absolute atomic E-state index is 0.144. The van der Waals surface area contributed by atoms with Gasteiger partial charge in [-0.2, -0.15) is 0 Å². The van der Waals surface area contributed by atoms with Crippen LogP contribution < -0.4 is 19.5 Å². The first-order chi connectivity index (χ1) is 12.5. The summed E-state index contributed by atoms with van der Waals surface area (Å²) in [5, 5.41) is 11.4. The average molecular weight is 359 g/mol. The van der Waals surface area contributed by atoms with E-state index in [4.69, 9.17) is 19.3 Å². The van der Waals surface area contributed by atoms with Crippen molar-refractivity contribution >= 4 is 17.6 Å². The number of ether oxygens (including phenoxy) is 3. The van der Waals surface area contributed by atoms with E-state index < -0.39 is 12.6 Å². The van der Waals surface area contributed by atoms with Crippen molar-refractivity contribution in [2.75, 3.05) is 26.1 Å². The molecule has 0 unspecified atom stereocenters. The molecule has 0 atom stereocenters. The smallest absolute Gasteiger partial charge is 0.341 e. The first-order valence-corrected chi connectivity index (χ1v) is 7.97. The number of carboxylic acid groups (broad SMARTS) is 1. The monoisotopic (exact) mass is 359 g/mol. The highest BCUT2D eigenvalue weighted by Crippen LogP contribution is 2.25. The molecular weight excluding hydrogens is 338 g/mol. The van der Waals surface area contributed by atoms with Crippen LogP contribution in [0.2, 0.25) is 0 Å². The Morgan fingerprint density at radius 3 is 2.31 bits per heavy atom. The highest BCUT2D eigenvalue weighted by Gasteiger charge is 2.09. The lowest BCUT2D eigenvalue weighted by Gasteiger charge is -2.11. The summed E-state index contributed by atoms with van der Waals surface area (Å²) in [7, 11) is 3.17. The maximum atomic E-state index is 12.1. The van der Waals surface area contributed by atoms with Crippen LogP contribution in [0.4, 0.5) is 5.69 Å². The number of carbonyl (C=O) groups excluding carboxylic acids is 1. The van der Waals surface area contributed by atoms with Gasteiger partial charge in [0.25, 0.3) is 0 Å². The van der Waals surface area contributed by atoms with Gasteiger partial charge in [0.2, 0.25) is 5.91 Å². The molecule has 0 aliphatic carbocycles. The van der Waals surface area contributed by atoms with E-state index >= 15 is 0 Å². The second-order valence-electron chi connectivity index (χ2n) is 5.43. The van der Waals surface area contributed by atoms with Crippen molar-refractivity contribution < 1.29 is 28.9 Å². The van der Waals surface area contributed by atoms with Crippen molar-refractivity contribution in [1.29, 1.82) is 0 Å². The highest BCUT2D eigenvalue weighted by molar-refractivity contribution is 5.90. The second kappa shape index (κ2) is 9.31. The maximum Gasteiger partial charge on any atom is 0.341 e. The summed E-state index contributed by atoms with van der Waals surface area (Å²) in [4.78, 5) is 22.6. The van der Waals surface area contributed by atoms with E-state index in [0.717, 1.165) is 5.56 Å². The van der Waals surface area contributed by atoms with Crippen molar-refractivity contribution in [3.63, 3.8) is 0 Å². The third-order valence-electron chi connectivity index (χ3n) is 3.61. The number of aliphatic carboxylic acids is 1. The number of methoxy groups -OCH3 is 2. The minimum Gasteiger partial charge on any atom is -0.497 e. The van der Waals surface area contributed by atoms with Crippen molar-refractivity contribution in [3.8, 4) is 17.2 Å². The van der Waals surface area contributed by atoms with E-state index in [1.165, 1.54) is 0 Å². The molecule has 0 radical (unpaired) electrons. The molecule has 2 aromatic carbocycles. The second-order valence-corrected chi connectivity index (χ2v) is 5.43. The first kappa shape index (κ1) is 19.1. The molecule has 0 fully saturated rings. The zero-order valence-electron chi connectivity index (χ0n) is 14.7. The van der Waals surface area contributed by atoms with E-state index in [-0.39, 0.29) is 12.3 Å². The summed E-state index contributed by atoms with van der Waals surface area (Å²) in [6, 6.07) is 12.0. The largest absolute Gasteiger partial charge is 0.497 e. The fourth-order valence-corrected chi connectivity index (χ4v) is 2.33. The molecule has 1 amide bonds. The number of carbonyl (C=O) groups is 2. The molecule has 2 aromatic rings. The lowest BCUT2D eigenvalue weighted by Crippen LogP contribution is -2.13. The molecule has 0 bridgehead atoms. The summed E-state index contributed by atoms with van der Waals surface area (Å²) in [6.07, 6.45) is 0.785. The molecule has 0 aliphatic rings. The predicted molar refractivity (Wildman–Crippen MR) is 96.1 cm³/mol. The lowest BCUT2D eigenvalue weighted by atomic mass is 10.1. The van der Waals surface area contributed by atoms with E-state index in [1.807, 2.05) is 12.1 Å². The van der Waals surface area contributed by atoms with Crippen LogP contribution >= 0.6 is 0 Å². The first-order valence-electron chi connectivity index (χ1n) is 7.97. The zero-order valence-corrected chi connectivity index (χ0v) is 14.7. The van der Waals surface area contributed by atoms with Crippen LogP contribution in [0.25, 0.3) is 0 Å². The molecule has 2 N–H and O–H groups in total. The van der Waals surface area contributed by atoms with Crippen molar-refractivity contribution in [1.82, 2.24) is 0 Å². The number of amides is 1. The molecule has 7 nitrogen and oxygen atoms in total. The zero-order chi connectivity index (χ0) is 18.9. The molecule has 0 aromatic heterocycles. The van der Waals surface area contributed by atoms with Crippen LogP contribution in [-0.2, 0) is 16.0 Å². The quantitative estimate of drug-likeness (QED) is 0.715. The van der Waals surface area contributed by atoms with Crippen molar-refractivity contribution in [2.24, 2.45) is 0 Å². The molecule has 138 valence electrons. The Morgan fingerprint density at radius 2 is 1.69 bits per heavy atom. The van der Waals surface area contributed by atoms with E-state index in [1.54, 1.807) is 44.6 Å². The van der Waals surface area contributed by atoms with Crippen LogP contribution in [0.5, 0.6) is 17.2 Å². The molecule has 0 spiro atoms. The van der Waals surface area contributed by atoms with Gasteiger partial charge in [-0.05, 0) is 54.4 Å². The molecule has 26 heavy (non-hydrogen) atoms. The van der Waals surface area contributed by atoms with Gasteiger partial charge in [0.1, 0.15) is 17.2 Å². The summed E-state index contributed by atoms with van der Waals surface area (Å²) >= 11 is 0. The third kappa shape index (κ3) is 5.70. The third-order valence-corrected chi connectivity index (χ3v) is 3.61. The Morgan fingerprint density at radius 1 is 1.00 bits per heavy atom. The van der Waals surface area contributed by atoms with E-state index in [9.17, 15) is 9.59 Å². The van der Waals surface area contributed by atoms with Gasteiger partial charge in [0, 0.05) is 12.1 Å². The summed E-state index contributed by atoms with van der Waals surface area (Å²) in [5.41, 5.74) is 1.50. The Kier molecular flexibility index (Phi) is 6.84. The number of hydrogen-bond donors (Lipinski definition) is 2. The minimum atomic E-state index is -1.05. The summed E-state index contributed by atoms with van der Waals surface area (Å²) < 4.78 is 15.5. The van der Waals surface area contributed by atoms with Gasteiger partial charge in [-0.15, -0.1) is 0 Å². The Hall–Kier alpha value is -3.22. The van der Waals surface area contributed by atoms with Gasteiger partial charge in [0.15, 0.2) is 6.61 Å². The van der Waals surface area contributed by atoms with Gasteiger partial charge < -0.3 is 24.6 Å². The van der Waals surface area contributed by atoms with Crippen molar-refractivity contribution in [2.45, 2.75) is 12.8 Å². The number of nitrogens with one attached hydrogen (secondary N) is 1. The lowest BCUT2D eigenvalue weighted by molar-refractivity contribution is -0.139. The van der Waals surface area contributed by atoms with Crippen LogP contribution in [0.1, 0.15) is 12.0 Å². The SMILES string of the molecule is COc1ccc(OC)c(CCC(=O)Nc2ccc(OCC(=O)O)cc2)c1. The van der Waals surface area contributed by atoms with Crippen LogP contribution in [0.3, 0.4) is 0 Å². The Labute approximate surface area is 151 Å². The van der Waals surface area contributed by atoms with Crippen LogP contribution in [0.15, 0.2) is 42.5 Å². The highest BCUT2D eigenvalue weighted by atomic mass is 16.5. The fourth-order valence-electron chi connectivity index (χ4n) is 2.33. The Balaban J connectivity index is 1.90. The van der Waals surface area contributed by atoms with Gasteiger partial charge >= 0.3 is 5.97 Å². The number of anilines is 1. The number of benzene rings is 2. The molecule has 0 aliphatic heterocycles. The Bertz CT molecular complexity index is 757. The van der Waals surface area contributed by atoms with Gasteiger partial charge in [-0.1, -0.05) is 0 Å². The van der Waals surface area contributed by atoms with Crippen LogP contribution in [-0.4, -0.2) is 37.8 Å². The van der Waals surface area contributed by atoms with Crippen molar-refractivity contribution in [3.05, 3.63) is 48.0 Å². The van der Waals surface area contributed by atoms with Gasteiger partial charge in [-0.3, -0.25) is 4.79 Å². The average Bonchev–Trinajstić information content (AvgIpc) is 2.65. The number of carboxylic acids is 1. The predicted octanol–water partition coefficient (Wildman–Crippen LogP) is 2.74.